The van der Waals surface area contributed by atoms with E-state index in [9.17, 15) is 5.11 Å². The number of aliphatic hydroxyl groups excluding tert-OH is 1. The standard InChI is InChI=1S/C14H29NO/c1-4-13(5-2,12-16)10-15-11-14(6-3)8-7-9-14/h15-16H,4-12H2,1-3H3. The van der Waals surface area contributed by atoms with Crippen molar-refractivity contribution in [3.63, 3.8) is 0 Å². The molecule has 0 heterocycles. The van der Waals surface area contributed by atoms with Crippen molar-refractivity contribution in [3.05, 3.63) is 0 Å². The molecule has 16 heavy (non-hydrogen) atoms. The van der Waals surface area contributed by atoms with Crippen LogP contribution >= 0.6 is 0 Å². The fourth-order valence-corrected chi connectivity index (χ4v) is 2.70. The van der Waals surface area contributed by atoms with Crippen LogP contribution in [0.4, 0.5) is 0 Å². The molecule has 1 saturated carbocycles. The number of nitrogens with one attached hydrogen (secondary N) is 1. The second kappa shape index (κ2) is 6.02. The van der Waals surface area contributed by atoms with Crippen LogP contribution in [0.3, 0.4) is 0 Å². The van der Waals surface area contributed by atoms with E-state index in [1.807, 2.05) is 0 Å². The highest BCUT2D eigenvalue weighted by Crippen LogP contribution is 2.43. The topological polar surface area (TPSA) is 32.3 Å². The molecular formula is C14H29NO. The predicted octanol–water partition coefficient (Wildman–Crippen LogP) is 2.96. The van der Waals surface area contributed by atoms with Gasteiger partial charge in [0.1, 0.15) is 0 Å². The molecular weight excluding hydrogens is 198 g/mol. The molecule has 0 atom stereocenters. The van der Waals surface area contributed by atoms with Crippen molar-refractivity contribution < 1.29 is 5.11 Å². The van der Waals surface area contributed by atoms with Crippen LogP contribution in [0.25, 0.3) is 0 Å². The molecule has 0 spiro atoms. The molecule has 0 aromatic heterocycles. The minimum Gasteiger partial charge on any atom is -0.396 e. The Balaban J connectivity index is 2.32. The molecule has 1 rings (SSSR count). The van der Waals surface area contributed by atoms with Crippen LogP contribution < -0.4 is 5.32 Å². The molecule has 0 aliphatic heterocycles. The molecule has 2 heteroatoms. The molecule has 2 N–H and O–H groups in total. The average Bonchev–Trinajstić information content (AvgIpc) is 2.29. The second-order valence-electron chi connectivity index (χ2n) is 5.68. The summed E-state index contributed by atoms with van der Waals surface area (Å²) in [5.74, 6) is 0. The average molecular weight is 227 g/mol. The number of hydrogen-bond acceptors (Lipinski definition) is 2. The highest BCUT2D eigenvalue weighted by Gasteiger charge is 2.35. The van der Waals surface area contributed by atoms with Gasteiger partial charge in [0, 0.05) is 25.1 Å². The van der Waals surface area contributed by atoms with Crippen LogP contribution in [0, 0.1) is 10.8 Å². The molecule has 96 valence electrons. The predicted molar refractivity (Wildman–Crippen MR) is 69.5 cm³/mol. The van der Waals surface area contributed by atoms with Crippen LogP contribution in [0.1, 0.15) is 59.3 Å². The summed E-state index contributed by atoms with van der Waals surface area (Å²) in [7, 11) is 0. The smallest absolute Gasteiger partial charge is 0.0499 e. The molecule has 1 aliphatic carbocycles. The second-order valence-corrected chi connectivity index (χ2v) is 5.68. The molecule has 0 aromatic rings. The molecule has 0 saturated heterocycles. The fourth-order valence-electron chi connectivity index (χ4n) is 2.70. The Morgan fingerprint density at radius 1 is 1.19 bits per heavy atom. The van der Waals surface area contributed by atoms with E-state index in [4.69, 9.17) is 0 Å². The fraction of sp³-hybridized carbons (Fsp3) is 1.00. The summed E-state index contributed by atoms with van der Waals surface area (Å²) in [6, 6.07) is 0. The van der Waals surface area contributed by atoms with Crippen molar-refractivity contribution >= 4 is 0 Å². The van der Waals surface area contributed by atoms with E-state index in [0.29, 0.717) is 12.0 Å². The van der Waals surface area contributed by atoms with Gasteiger partial charge in [0.25, 0.3) is 0 Å². The molecule has 0 unspecified atom stereocenters. The van der Waals surface area contributed by atoms with Gasteiger partial charge in [0.15, 0.2) is 0 Å². The molecule has 0 aromatic carbocycles. The highest BCUT2D eigenvalue weighted by atomic mass is 16.3. The monoisotopic (exact) mass is 227 g/mol. The Hall–Kier alpha value is -0.0800. The lowest BCUT2D eigenvalue weighted by Crippen LogP contribution is -2.44. The normalized spacial score (nSPS) is 19.5. The summed E-state index contributed by atoms with van der Waals surface area (Å²) in [5, 5.41) is 13.1. The number of aliphatic hydroxyl groups is 1. The zero-order valence-corrected chi connectivity index (χ0v) is 11.3. The maximum Gasteiger partial charge on any atom is 0.0499 e. The van der Waals surface area contributed by atoms with Gasteiger partial charge < -0.3 is 10.4 Å². The van der Waals surface area contributed by atoms with E-state index in [2.05, 4.69) is 26.1 Å². The summed E-state index contributed by atoms with van der Waals surface area (Å²) >= 11 is 0. The first kappa shape index (κ1) is 14.0. The maximum absolute atomic E-state index is 9.49. The van der Waals surface area contributed by atoms with E-state index in [1.165, 1.54) is 25.7 Å². The molecule has 0 bridgehead atoms. The summed E-state index contributed by atoms with van der Waals surface area (Å²) in [5.41, 5.74) is 0.696. The summed E-state index contributed by atoms with van der Waals surface area (Å²) in [4.78, 5) is 0. The zero-order chi connectivity index (χ0) is 12.1. The SMILES string of the molecule is CCC(CC)(CO)CNCC1(CC)CCC1. The summed E-state index contributed by atoms with van der Waals surface area (Å²) in [6.07, 6.45) is 7.60. The first-order valence-corrected chi connectivity index (χ1v) is 6.97. The van der Waals surface area contributed by atoms with Crippen LogP contribution in [0.15, 0.2) is 0 Å². The van der Waals surface area contributed by atoms with Gasteiger partial charge >= 0.3 is 0 Å². The quantitative estimate of drug-likeness (QED) is 0.668. The van der Waals surface area contributed by atoms with Gasteiger partial charge in [0.2, 0.25) is 0 Å². The zero-order valence-electron chi connectivity index (χ0n) is 11.3. The van der Waals surface area contributed by atoms with Gasteiger partial charge in [0.05, 0.1) is 0 Å². The summed E-state index contributed by atoms with van der Waals surface area (Å²) < 4.78 is 0. The van der Waals surface area contributed by atoms with Gasteiger partial charge in [-0.15, -0.1) is 0 Å². The van der Waals surface area contributed by atoms with Crippen molar-refractivity contribution in [2.24, 2.45) is 10.8 Å². The van der Waals surface area contributed by atoms with E-state index in [-0.39, 0.29) is 5.41 Å². The highest BCUT2D eigenvalue weighted by molar-refractivity contribution is 4.89. The Labute approximate surface area is 101 Å². The van der Waals surface area contributed by atoms with Gasteiger partial charge in [-0.25, -0.2) is 0 Å². The molecule has 2 nitrogen and oxygen atoms in total. The van der Waals surface area contributed by atoms with Crippen molar-refractivity contribution in [1.82, 2.24) is 5.32 Å². The van der Waals surface area contributed by atoms with Gasteiger partial charge in [-0.05, 0) is 37.5 Å². The molecule has 0 amide bonds. The lowest BCUT2D eigenvalue weighted by atomic mass is 9.67. The van der Waals surface area contributed by atoms with E-state index >= 15 is 0 Å². The number of rotatable bonds is 8. The largest absolute Gasteiger partial charge is 0.396 e. The first-order chi connectivity index (χ1) is 7.66. The third-order valence-electron chi connectivity index (χ3n) is 5.00. The van der Waals surface area contributed by atoms with Crippen LogP contribution in [0.2, 0.25) is 0 Å². The van der Waals surface area contributed by atoms with Crippen molar-refractivity contribution in [1.29, 1.82) is 0 Å². The van der Waals surface area contributed by atoms with Crippen molar-refractivity contribution in [2.75, 3.05) is 19.7 Å². The Kier molecular flexibility index (Phi) is 5.26. The minimum absolute atomic E-state index is 0.110. The molecule has 1 fully saturated rings. The van der Waals surface area contributed by atoms with Crippen LogP contribution in [-0.4, -0.2) is 24.8 Å². The maximum atomic E-state index is 9.49. The third-order valence-corrected chi connectivity index (χ3v) is 5.00. The van der Waals surface area contributed by atoms with Crippen molar-refractivity contribution in [2.45, 2.75) is 59.3 Å². The summed E-state index contributed by atoms with van der Waals surface area (Å²) in [6.45, 7) is 9.09. The van der Waals surface area contributed by atoms with Crippen LogP contribution in [-0.2, 0) is 0 Å². The third kappa shape index (κ3) is 2.98. The Morgan fingerprint density at radius 3 is 2.12 bits per heavy atom. The van der Waals surface area contributed by atoms with Gasteiger partial charge in [-0.3, -0.25) is 0 Å². The van der Waals surface area contributed by atoms with E-state index < -0.39 is 0 Å². The number of hydrogen-bond donors (Lipinski definition) is 2. The van der Waals surface area contributed by atoms with Crippen LogP contribution in [0.5, 0.6) is 0 Å². The minimum atomic E-state index is 0.110. The van der Waals surface area contributed by atoms with E-state index in [0.717, 1.165) is 25.9 Å². The van der Waals surface area contributed by atoms with Gasteiger partial charge in [-0.2, -0.15) is 0 Å². The first-order valence-electron chi connectivity index (χ1n) is 6.97. The molecule has 0 radical (unpaired) electrons. The van der Waals surface area contributed by atoms with Gasteiger partial charge in [-0.1, -0.05) is 27.2 Å². The molecule has 1 aliphatic rings. The lowest BCUT2D eigenvalue weighted by Gasteiger charge is -2.42. The Bertz CT molecular complexity index is 181. The van der Waals surface area contributed by atoms with E-state index in [1.54, 1.807) is 0 Å². The van der Waals surface area contributed by atoms with Crippen molar-refractivity contribution in [3.8, 4) is 0 Å². The lowest BCUT2D eigenvalue weighted by molar-refractivity contribution is 0.0879. The Morgan fingerprint density at radius 2 is 1.81 bits per heavy atom.